The van der Waals surface area contributed by atoms with Crippen molar-refractivity contribution in [2.24, 2.45) is 17.8 Å². The molecule has 100 valence electrons. The van der Waals surface area contributed by atoms with Crippen molar-refractivity contribution in [3.05, 3.63) is 0 Å². The Hall–Kier alpha value is -0.570. The second-order valence-corrected chi connectivity index (χ2v) is 5.84. The van der Waals surface area contributed by atoms with Crippen molar-refractivity contribution in [1.29, 1.82) is 0 Å². The van der Waals surface area contributed by atoms with Crippen LogP contribution < -0.4 is 0 Å². The average molecular weight is 242 g/mol. The van der Waals surface area contributed by atoms with Crippen molar-refractivity contribution >= 4 is 5.97 Å². The monoisotopic (exact) mass is 242 g/mol. The molecule has 2 N–H and O–H groups in total. The number of carboxylic acids is 1. The Morgan fingerprint density at radius 2 is 1.82 bits per heavy atom. The van der Waals surface area contributed by atoms with Crippen LogP contribution in [0.2, 0.25) is 0 Å². The van der Waals surface area contributed by atoms with E-state index in [9.17, 15) is 15.0 Å². The third-order valence-electron chi connectivity index (χ3n) is 4.39. The van der Waals surface area contributed by atoms with Gasteiger partial charge < -0.3 is 10.2 Å². The lowest BCUT2D eigenvalue weighted by Gasteiger charge is -2.38. The molecule has 1 saturated carbocycles. The standard InChI is InChI=1S/C14H26O3/c1-4-9-14(17,13(15)16)12-7-5-11(6-8-12)10(2)3/h10-12,17H,4-9H2,1-3H3,(H,15,16). The SMILES string of the molecule is CCCC(O)(C(=O)O)C1CCC(C(C)C)CC1. The van der Waals surface area contributed by atoms with Gasteiger partial charge in [-0.05, 0) is 49.9 Å². The van der Waals surface area contributed by atoms with E-state index >= 15 is 0 Å². The Balaban J connectivity index is 2.64. The third kappa shape index (κ3) is 3.21. The van der Waals surface area contributed by atoms with E-state index in [0.717, 1.165) is 25.7 Å². The van der Waals surface area contributed by atoms with Gasteiger partial charge in [0.15, 0.2) is 5.60 Å². The summed E-state index contributed by atoms with van der Waals surface area (Å²) in [4.78, 5) is 11.3. The van der Waals surface area contributed by atoms with Crippen molar-refractivity contribution in [2.45, 2.75) is 64.9 Å². The van der Waals surface area contributed by atoms with Crippen molar-refractivity contribution < 1.29 is 15.0 Å². The van der Waals surface area contributed by atoms with Crippen LogP contribution in [0.25, 0.3) is 0 Å². The van der Waals surface area contributed by atoms with Crippen LogP contribution in [-0.2, 0) is 4.79 Å². The molecule has 0 aromatic heterocycles. The molecule has 0 aromatic carbocycles. The summed E-state index contributed by atoms with van der Waals surface area (Å²) < 4.78 is 0. The fraction of sp³-hybridized carbons (Fsp3) is 0.929. The fourth-order valence-corrected chi connectivity index (χ4v) is 3.13. The molecular formula is C14H26O3. The molecule has 1 fully saturated rings. The molecule has 1 aliphatic carbocycles. The van der Waals surface area contributed by atoms with Gasteiger partial charge in [0.05, 0.1) is 0 Å². The Bertz CT molecular complexity index is 254. The highest BCUT2D eigenvalue weighted by Crippen LogP contribution is 2.40. The van der Waals surface area contributed by atoms with Crippen LogP contribution >= 0.6 is 0 Å². The summed E-state index contributed by atoms with van der Waals surface area (Å²) in [5.41, 5.74) is -1.49. The van der Waals surface area contributed by atoms with Crippen molar-refractivity contribution in [2.75, 3.05) is 0 Å². The van der Waals surface area contributed by atoms with Crippen LogP contribution in [0, 0.1) is 17.8 Å². The first-order chi connectivity index (χ1) is 7.91. The molecule has 0 aromatic rings. The lowest BCUT2D eigenvalue weighted by Crippen LogP contribution is -2.47. The van der Waals surface area contributed by atoms with Gasteiger partial charge in [-0.3, -0.25) is 0 Å². The van der Waals surface area contributed by atoms with E-state index in [0.29, 0.717) is 24.7 Å². The smallest absolute Gasteiger partial charge is 0.335 e. The van der Waals surface area contributed by atoms with E-state index < -0.39 is 11.6 Å². The lowest BCUT2D eigenvalue weighted by molar-refractivity contribution is -0.168. The number of carbonyl (C=O) groups is 1. The Labute approximate surface area is 104 Å². The molecule has 3 nitrogen and oxygen atoms in total. The number of aliphatic carboxylic acids is 1. The molecule has 0 spiro atoms. The van der Waals surface area contributed by atoms with Gasteiger partial charge in [-0.2, -0.15) is 0 Å². The highest BCUT2D eigenvalue weighted by atomic mass is 16.4. The maximum atomic E-state index is 11.3. The van der Waals surface area contributed by atoms with E-state index in [1.807, 2.05) is 6.92 Å². The second-order valence-electron chi connectivity index (χ2n) is 5.84. The number of rotatable bonds is 5. The third-order valence-corrected chi connectivity index (χ3v) is 4.39. The van der Waals surface area contributed by atoms with Gasteiger partial charge in [-0.15, -0.1) is 0 Å². The van der Waals surface area contributed by atoms with Gasteiger partial charge in [0.25, 0.3) is 0 Å². The Morgan fingerprint density at radius 3 is 2.18 bits per heavy atom. The van der Waals surface area contributed by atoms with Gasteiger partial charge in [0.1, 0.15) is 0 Å². The molecule has 1 aliphatic rings. The molecule has 1 unspecified atom stereocenters. The molecular weight excluding hydrogens is 216 g/mol. The Morgan fingerprint density at radius 1 is 1.29 bits per heavy atom. The summed E-state index contributed by atoms with van der Waals surface area (Å²) in [5, 5.41) is 19.6. The van der Waals surface area contributed by atoms with Crippen LogP contribution in [0.3, 0.4) is 0 Å². The highest BCUT2D eigenvalue weighted by Gasteiger charge is 2.44. The zero-order chi connectivity index (χ0) is 13.1. The van der Waals surface area contributed by atoms with Crippen LogP contribution in [0.1, 0.15) is 59.3 Å². The minimum Gasteiger partial charge on any atom is -0.479 e. The normalized spacial score (nSPS) is 29.0. The quantitative estimate of drug-likeness (QED) is 0.779. The number of carboxylic acid groups (broad SMARTS) is 1. The maximum absolute atomic E-state index is 11.3. The van der Waals surface area contributed by atoms with E-state index in [1.54, 1.807) is 0 Å². The predicted molar refractivity (Wildman–Crippen MR) is 67.8 cm³/mol. The van der Waals surface area contributed by atoms with Crippen LogP contribution in [-0.4, -0.2) is 21.8 Å². The average Bonchev–Trinajstić information content (AvgIpc) is 2.29. The summed E-state index contributed by atoms with van der Waals surface area (Å²) in [6.07, 6.45) is 4.91. The van der Waals surface area contributed by atoms with E-state index in [2.05, 4.69) is 13.8 Å². The summed E-state index contributed by atoms with van der Waals surface area (Å²) in [5.74, 6) is 0.272. The molecule has 1 rings (SSSR count). The van der Waals surface area contributed by atoms with Gasteiger partial charge >= 0.3 is 5.97 Å². The lowest BCUT2D eigenvalue weighted by atomic mass is 9.69. The first kappa shape index (κ1) is 14.5. The van der Waals surface area contributed by atoms with Gasteiger partial charge in [-0.25, -0.2) is 4.79 Å². The molecule has 0 amide bonds. The maximum Gasteiger partial charge on any atom is 0.335 e. The minimum atomic E-state index is -1.49. The molecule has 17 heavy (non-hydrogen) atoms. The summed E-state index contributed by atoms with van der Waals surface area (Å²) in [7, 11) is 0. The van der Waals surface area contributed by atoms with Crippen molar-refractivity contribution in [3.63, 3.8) is 0 Å². The largest absolute Gasteiger partial charge is 0.479 e. The van der Waals surface area contributed by atoms with Gasteiger partial charge in [0.2, 0.25) is 0 Å². The first-order valence-electron chi connectivity index (χ1n) is 6.87. The molecule has 0 bridgehead atoms. The number of aliphatic hydroxyl groups is 1. The molecule has 1 atom stereocenters. The van der Waals surface area contributed by atoms with E-state index in [1.165, 1.54) is 0 Å². The number of hydrogen-bond donors (Lipinski definition) is 2. The zero-order valence-electron chi connectivity index (χ0n) is 11.3. The topological polar surface area (TPSA) is 57.5 Å². The van der Waals surface area contributed by atoms with Crippen LogP contribution in [0.15, 0.2) is 0 Å². The summed E-state index contributed by atoms with van der Waals surface area (Å²) in [6.45, 7) is 6.37. The van der Waals surface area contributed by atoms with E-state index in [-0.39, 0.29) is 5.92 Å². The Kier molecular flexibility index (Phi) is 4.99. The fourth-order valence-electron chi connectivity index (χ4n) is 3.13. The second kappa shape index (κ2) is 5.85. The minimum absolute atomic E-state index is 0.0602. The molecule has 0 heterocycles. The summed E-state index contributed by atoms with van der Waals surface area (Å²) >= 11 is 0. The molecule has 0 saturated heterocycles. The zero-order valence-corrected chi connectivity index (χ0v) is 11.3. The van der Waals surface area contributed by atoms with E-state index in [4.69, 9.17) is 0 Å². The molecule has 0 radical (unpaired) electrons. The molecule has 0 aliphatic heterocycles. The van der Waals surface area contributed by atoms with Crippen LogP contribution in [0.4, 0.5) is 0 Å². The van der Waals surface area contributed by atoms with Crippen molar-refractivity contribution in [1.82, 2.24) is 0 Å². The van der Waals surface area contributed by atoms with Gasteiger partial charge in [-0.1, -0.05) is 27.2 Å². The predicted octanol–water partition coefficient (Wildman–Crippen LogP) is 3.06. The van der Waals surface area contributed by atoms with Crippen molar-refractivity contribution in [3.8, 4) is 0 Å². The van der Waals surface area contributed by atoms with Gasteiger partial charge in [0, 0.05) is 0 Å². The molecule has 3 heteroatoms. The number of hydrogen-bond acceptors (Lipinski definition) is 2. The summed E-state index contributed by atoms with van der Waals surface area (Å²) in [6, 6.07) is 0. The highest BCUT2D eigenvalue weighted by molar-refractivity contribution is 5.77. The first-order valence-corrected chi connectivity index (χ1v) is 6.87. The van der Waals surface area contributed by atoms with Crippen LogP contribution in [0.5, 0.6) is 0 Å².